The molecule has 1 fully saturated rings. The van der Waals surface area contributed by atoms with E-state index in [1.54, 1.807) is 30.1 Å². The van der Waals surface area contributed by atoms with Gasteiger partial charge < -0.3 is 10.0 Å². The summed E-state index contributed by atoms with van der Waals surface area (Å²) in [5.74, 6) is 0.395. The van der Waals surface area contributed by atoms with E-state index in [9.17, 15) is 9.90 Å². The van der Waals surface area contributed by atoms with Crippen LogP contribution in [0.15, 0.2) is 18.2 Å². The van der Waals surface area contributed by atoms with Crippen LogP contribution in [0.25, 0.3) is 0 Å². The topological polar surface area (TPSA) is 40.5 Å². The van der Waals surface area contributed by atoms with Gasteiger partial charge in [0.1, 0.15) is 5.75 Å². The number of phenols is 1. The Morgan fingerprint density at radius 1 is 1.56 bits per heavy atom. The maximum atomic E-state index is 12.2. The van der Waals surface area contributed by atoms with Gasteiger partial charge in [-0.2, -0.15) is 0 Å². The molecule has 0 spiro atoms. The number of rotatable bonds is 3. The van der Waals surface area contributed by atoms with Crippen molar-refractivity contribution in [1.82, 2.24) is 4.90 Å². The van der Waals surface area contributed by atoms with E-state index in [2.05, 4.69) is 22.6 Å². The van der Waals surface area contributed by atoms with Crippen LogP contribution in [-0.4, -0.2) is 34.9 Å². The highest BCUT2D eigenvalue weighted by atomic mass is 127. The summed E-state index contributed by atoms with van der Waals surface area (Å²) < 4.78 is 0.937. The molecule has 2 rings (SSSR count). The predicted octanol–water partition coefficient (Wildman–Crippen LogP) is 3.09. The molecule has 0 heterocycles. The minimum Gasteiger partial charge on any atom is -0.507 e. The Bertz CT molecular complexity index is 460. The maximum Gasteiger partial charge on any atom is 0.257 e. The Labute approximate surface area is 125 Å². The lowest BCUT2D eigenvalue weighted by Crippen LogP contribution is -2.37. The zero-order valence-electron chi connectivity index (χ0n) is 10.1. The summed E-state index contributed by atoms with van der Waals surface area (Å²) in [5, 5.41) is 10.00. The molecule has 1 saturated carbocycles. The van der Waals surface area contributed by atoms with Crippen molar-refractivity contribution in [2.45, 2.75) is 18.2 Å². The van der Waals surface area contributed by atoms with Gasteiger partial charge in [0.25, 0.3) is 5.91 Å². The summed E-state index contributed by atoms with van der Waals surface area (Å²) in [6, 6.07) is 5.04. The zero-order valence-corrected chi connectivity index (χ0v) is 13.0. The Morgan fingerprint density at radius 3 is 2.83 bits per heavy atom. The van der Waals surface area contributed by atoms with Gasteiger partial charge in [-0.1, -0.05) is 0 Å². The average molecular weight is 380 g/mol. The number of amides is 1. The van der Waals surface area contributed by atoms with Gasteiger partial charge in [0, 0.05) is 22.5 Å². The van der Waals surface area contributed by atoms with E-state index in [1.807, 2.05) is 0 Å². The molecule has 0 aromatic heterocycles. The molecule has 0 unspecified atom stereocenters. The van der Waals surface area contributed by atoms with Crippen LogP contribution in [0.5, 0.6) is 5.75 Å². The van der Waals surface area contributed by atoms with Crippen LogP contribution in [0.4, 0.5) is 0 Å². The lowest BCUT2D eigenvalue weighted by atomic mass is 9.84. The summed E-state index contributed by atoms with van der Waals surface area (Å²) in [6.07, 6.45) is 1.94. The van der Waals surface area contributed by atoms with Gasteiger partial charge in [0.05, 0.1) is 5.56 Å². The molecule has 3 nitrogen and oxygen atoms in total. The summed E-state index contributed by atoms with van der Waals surface area (Å²) in [6.45, 7) is 0.701. The standard InChI is InChI=1S/C13H15ClINO2/c1-16(7-8-4-9(14)5-8)13(18)11-6-10(15)2-3-12(11)17/h2-3,6,8-9,17H,4-5,7H2,1H3. The SMILES string of the molecule is CN(CC1CC(Cl)C1)C(=O)c1cc(I)ccc1O. The maximum absolute atomic E-state index is 12.2. The van der Waals surface area contributed by atoms with Gasteiger partial charge in [-0.05, 0) is 59.5 Å². The van der Waals surface area contributed by atoms with Crippen molar-refractivity contribution < 1.29 is 9.90 Å². The fourth-order valence-electron chi connectivity index (χ4n) is 2.16. The molecule has 1 aromatic rings. The Kier molecular flexibility index (Phi) is 4.37. The van der Waals surface area contributed by atoms with Gasteiger partial charge in [0.2, 0.25) is 0 Å². The van der Waals surface area contributed by atoms with Crippen LogP contribution < -0.4 is 0 Å². The molecule has 0 saturated heterocycles. The number of aromatic hydroxyl groups is 1. The third-order valence-electron chi connectivity index (χ3n) is 3.25. The lowest BCUT2D eigenvalue weighted by Gasteiger charge is -2.34. The van der Waals surface area contributed by atoms with Crippen molar-refractivity contribution in [1.29, 1.82) is 0 Å². The van der Waals surface area contributed by atoms with E-state index < -0.39 is 0 Å². The van der Waals surface area contributed by atoms with Crippen LogP contribution in [-0.2, 0) is 0 Å². The molecule has 0 radical (unpaired) electrons. The first-order valence-corrected chi connectivity index (χ1v) is 7.37. The number of hydrogen-bond donors (Lipinski definition) is 1. The number of carbonyl (C=O) groups excluding carboxylic acids is 1. The van der Waals surface area contributed by atoms with Crippen LogP contribution >= 0.6 is 34.2 Å². The average Bonchev–Trinajstić information content (AvgIpc) is 2.29. The number of benzene rings is 1. The lowest BCUT2D eigenvalue weighted by molar-refractivity contribution is 0.0744. The van der Waals surface area contributed by atoms with Crippen LogP contribution in [0, 0.1) is 9.49 Å². The second-order valence-electron chi connectivity index (χ2n) is 4.78. The molecule has 0 bridgehead atoms. The molecular formula is C13H15ClINO2. The number of alkyl halides is 1. The summed E-state index contributed by atoms with van der Waals surface area (Å²) >= 11 is 8.05. The van der Waals surface area contributed by atoms with Crippen molar-refractivity contribution in [2.75, 3.05) is 13.6 Å². The molecule has 0 aliphatic heterocycles. The number of halogens is 2. The largest absolute Gasteiger partial charge is 0.507 e. The van der Waals surface area contributed by atoms with Gasteiger partial charge in [0.15, 0.2) is 0 Å². The van der Waals surface area contributed by atoms with E-state index in [1.165, 1.54) is 0 Å². The molecule has 0 atom stereocenters. The van der Waals surface area contributed by atoms with E-state index in [4.69, 9.17) is 11.6 Å². The highest BCUT2D eigenvalue weighted by molar-refractivity contribution is 14.1. The fourth-order valence-corrected chi connectivity index (χ4v) is 3.15. The van der Waals surface area contributed by atoms with Crippen molar-refractivity contribution in [3.63, 3.8) is 0 Å². The fraction of sp³-hybridized carbons (Fsp3) is 0.462. The summed E-state index contributed by atoms with van der Waals surface area (Å²) in [5.41, 5.74) is 0.367. The second-order valence-corrected chi connectivity index (χ2v) is 6.64. The van der Waals surface area contributed by atoms with Gasteiger partial charge in [-0.25, -0.2) is 0 Å². The minimum absolute atomic E-state index is 0.0381. The first-order valence-electron chi connectivity index (χ1n) is 5.85. The molecule has 1 N–H and O–H groups in total. The number of carbonyl (C=O) groups is 1. The monoisotopic (exact) mass is 379 g/mol. The van der Waals surface area contributed by atoms with E-state index in [0.717, 1.165) is 16.4 Å². The van der Waals surface area contributed by atoms with Crippen LogP contribution in [0.1, 0.15) is 23.2 Å². The molecule has 1 aliphatic rings. The highest BCUT2D eigenvalue weighted by Crippen LogP contribution is 2.32. The summed E-state index contributed by atoms with van der Waals surface area (Å²) in [4.78, 5) is 13.9. The van der Waals surface area contributed by atoms with Gasteiger partial charge in [-0.15, -0.1) is 11.6 Å². The molecule has 5 heteroatoms. The first kappa shape index (κ1) is 13.9. The predicted molar refractivity (Wildman–Crippen MR) is 80.1 cm³/mol. The quantitative estimate of drug-likeness (QED) is 0.648. The Balaban J connectivity index is 2.03. The number of phenolic OH excluding ortho intramolecular Hbond substituents is 1. The van der Waals surface area contributed by atoms with E-state index >= 15 is 0 Å². The normalized spacial score (nSPS) is 22.4. The van der Waals surface area contributed by atoms with Crippen LogP contribution in [0.2, 0.25) is 0 Å². The highest BCUT2D eigenvalue weighted by Gasteiger charge is 2.29. The third-order valence-corrected chi connectivity index (χ3v) is 4.27. The minimum atomic E-state index is -0.135. The molecule has 18 heavy (non-hydrogen) atoms. The van der Waals surface area contributed by atoms with E-state index in [0.29, 0.717) is 18.0 Å². The van der Waals surface area contributed by atoms with Gasteiger partial charge in [-0.3, -0.25) is 4.79 Å². The smallest absolute Gasteiger partial charge is 0.257 e. The Hall–Kier alpha value is -0.490. The Morgan fingerprint density at radius 2 is 2.22 bits per heavy atom. The van der Waals surface area contributed by atoms with Crippen molar-refractivity contribution in [3.05, 3.63) is 27.3 Å². The summed E-state index contributed by atoms with van der Waals surface area (Å²) in [7, 11) is 1.77. The number of hydrogen-bond acceptors (Lipinski definition) is 2. The van der Waals surface area contributed by atoms with Crippen molar-refractivity contribution in [3.8, 4) is 5.75 Å². The zero-order chi connectivity index (χ0) is 13.3. The molecule has 1 aliphatic carbocycles. The molecular weight excluding hydrogens is 365 g/mol. The molecule has 1 aromatic carbocycles. The van der Waals surface area contributed by atoms with Crippen molar-refractivity contribution in [2.24, 2.45) is 5.92 Å². The number of nitrogens with zero attached hydrogens (tertiary/aromatic N) is 1. The van der Waals surface area contributed by atoms with Crippen molar-refractivity contribution >= 4 is 40.1 Å². The van der Waals surface area contributed by atoms with E-state index in [-0.39, 0.29) is 17.0 Å². The third kappa shape index (κ3) is 3.09. The molecule has 1 amide bonds. The van der Waals surface area contributed by atoms with Crippen LogP contribution in [0.3, 0.4) is 0 Å². The van der Waals surface area contributed by atoms with Gasteiger partial charge >= 0.3 is 0 Å². The second kappa shape index (κ2) is 5.65. The first-order chi connectivity index (χ1) is 8.47. The molecule has 98 valence electrons.